The van der Waals surface area contributed by atoms with Crippen LogP contribution in [-0.4, -0.2) is 47.2 Å². The molecule has 122 valence electrons. The number of carbonyl (C=O) groups is 2. The third kappa shape index (κ3) is 5.02. The minimum Gasteiger partial charge on any atom is -0.340 e. The lowest BCUT2D eigenvalue weighted by Crippen LogP contribution is -2.38. The minimum absolute atomic E-state index is 0.0197. The largest absolute Gasteiger partial charge is 0.340 e. The Kier molecular flexibility index (Phi) is 6.15. The Balaban J connectivity index is 1.92. The molecule has 0 bridgehead atoms. The zero-order valence-corrected chi connectivity index (χ0v) is 15.8. The standard InChI is InChI=1S/C15H15BrClN3O2S/c1-19(8-10-3-6-13(17)18-7-10)14(21)9-20(2)15(22)11-4-5-12(16)23-11/h3-7H,8-9H2,1-2H3. The molecule has 0 spiro atoms. The van der Waals surface area contributed by atoms with Gasteiger partial charge in [-0.1, -0.05) is 17.7 Å². The predicted octanol–water partition coefficient (Wildman–Crippen LogP) is 3.29. The molecule has 0 aromatic carbocycles. The number of carbonyl (C=O) groups excluding carboxylic acids is 2. The molecule has 0 atom stereocenters. The van der Waals surface area contributed by atoms with Crippen molar-refractivity contribution in [3.8, 4) is 0 Å². The van der Waals surface area contributed by atoms with Crippen LogP contribution in [0.3, 0.4) is 0 Å². The molecule has 0 radical (unpaired) electrons. The first kappa shape index (κ1) is 17.9. The second-order valence-corrected chi connectivity index (χ2v) is 7.85. The first-order valence-electron chi connectivity index (χ1n) is 6.72. The van der Waals surface area contributed by atoms with Crippen molar-refractivity contribution in [1.82, 2.24) is 14.8 Å². The highest BCUT2D eigenvalue weighted by molar-refractivity contribution is 9.11. The zero-order valence-electron chi connectivity index (χ0n) is 12.6. The van der Waals surface area contributed by atoms with E-state index in [9.17, 15) is 9.59 Å². The van der Waals surface area contributed by atoms with E-state index >= 15 is 0 Å². The summed E-state index contributed by atoms with van der Waals surface area (Å²) < 4.78 is 0.882. The van der Waals surface area contributed by atoms with Gasteiger partial charge in [0.2, 0.25) is 5.91 Å². The number of hydrogen-bond donors (Lipinski definition) is 0. The Labute approximate surface area is 152 Å². The maximum atomic E-state index is 12.2. The molecular formula is C15H15BrClN3O2S. The molecule has 0 saturated heterocycles. The van der Waals surface area contributed by atoms with Crippen molar-refractivity contribution in [2.45, 2.75) is 6.54 Å². The predicted molar refractivity (Wildman–Crippen MR) is 94.7 cm³/mol. The van der Waals surface area contributed by atoms with Gasteiger partial charge in [0.05, 0.1) is 15.2 Å². The summed E-state index contributed by atoms with van der Waals surface area (Å²) in [5.74, 6) is -0.318. The van der Waals surface area contributed by atoms with Crippen molar-refractivity contribution in [1.29, 1.82) is 0 Å². The van der Waals surface area contributed by atoms with Crippen LogP contribution < -0.4 is 0 Å². The number of rotatable bonds is 5. The molecule has 2 aromatic heterocycles. The molecule has 2 heterocycles. The van der Waals surface area contributed by atoms with Crippen LogP contribution in [0.5, 0.6) is 0 Å². The average molecular weight is 417 g/mol. The molecule has 2 rings (SSSR count). The van der Waals surface area contributed by atoms with Crippen LogP contribution in [0.2, 0.25) is 5.15 Å². The normalized spacial score (nSPS) is 10.4. The first-order valence-corrected chi connectivity index (χ1v) is 8.70. The van der Waals surface area contributed by atoms with Crippen LogP contribution in [0, 0.1) is 0 Å². The molecule has 8 heteroatoms. The second kappa shape index (κ2) is 7.90. The molecule has 0 saturated carbocycles. The fraction of sp³-hybridized carbons (Fsp3) is 0.267. The average Bonchev–Trinajstić information content (AvgIpc) is 2.95. The van der Waals surface area contributed by atoms with E-state index < -0.39 is 0 Å². The van der Waals surface area contributed by atoms with E-state index in [-0.39, 0.29) is 18.4 Å². The van der Waals surface area contributed by atoms with Gasteiger partial charge in [-0.25, -0.2) is 4.98 Å². The van der Waals surface area contributed by atoms with Gasteiger partial charge in [-0.05, 0) is 39.7 Å². The second-order valence-electron chi connectivity index (χ2n) is 5.00. The summed E-state index contributed by atoms with van der Waals surface area (Å²) in [6.45, 7) is 0.432. The van der Waals surface area contributed by atoms with Crippen LogP contribution in [0.1, 0.15) is 15.2 Å². The van der Waals surface area contributed by atoms with Gasteiger partial charge >= 0.3 is 0 Å². The Bertz CT molecular complexity index is 705. The molecule has 0 fully saturated rings. The van der Waals surface area contributed by atoms with Gasteiger partial charge in [0.15, 0.2) is 0 Å². The highest BCUT2D eigenvalue weighted by atomic mass is 79.9. The fourth-order valence-corrected chi connectivity index (χ4v) is 3.37. The van der Waals surface area contributed by atoms with Gasteiger partial charge in [-0.15, -0.1) is 11.3 Å². The van der Waals surface area contributed by atoms with Gasteiger partial charge in [-0.2, -0.15) is 0 Å². The van der Waals surface area contributed by atoms with Crippen LogP contribution >= 0.6 is 38.9 Å². The Hall–Kier alpha value is -1.44. The van der Waals surface area contributed by atoms with E-state index in [0.717, 1.165) is 9.35 Å². The molecule has 5 nitrogen and oxygen atoms in total. The van der Waals surface area contributed by atoms with Crippen molar-refractivity contribution in [3.63, 3.8) is 0 Å². The van der Waals surface area contributed by atoms with Crippen molar-refractivity contribution >= 4 is 50.7 Å². The number of pyridine rings is 1. The SMILES string of the molecule is CN(Cc1ccc(Cl)nc1)C(=O)CN(C)C(=O)c1ccc(Br)s1. The highest BCUT2D eigenvalue weighted by Gasteiger charge is 2.18. The molecule has 0 aliphatic heterocycles. The summed E-state index contributed by atoms with van der Waals surface area (Å²) in [6.07, 6.45) is 1.63. The van der Waals surface area contributed by atoms with E-state index in [2.05, 4.69) is 20.9 Å². The monoisotopic (exact) mass is 415 g/mol. The smallest absolute Gasteiger partial charge is 0.264 e. The molecule has 2 aromatic rings. The molecular weight excluding hydrogens is 402 g/mol. The number of nitrogens with zero attached hydrogens (tertiary/aromatic N) is 3. The summed E-state index contributed by atoms with van der Waals surface area (Å²) >= 11 is 10.4. The summed E-state index contributed by atoms with van der Waals surface area (Å²) in [4.78, 5) is 32.0. The molecule has 23 heavy (non-hydrogen) atoms. The Morgan fingerprint density at radius 2 is 1.96 bits per heavy atom. The van der Waals surface area contributed by atoms with Crippen molar-refractivity contribution in [2.75, 3.05) is 20.6 Å². The van der Waals surface area contributed by atoms with Gasteiger partial charge in [-0.3, -0.25) is 9.59 Å². The lowest BCUT2D eigenvalue weighted by Gasteiger charge is -2.21. The van der Waals surface area contributed by atoms with Crippen molar-refractivity contribution in [2.24, 2.45) is 0 Å². The summed E-state index contributed by atoms with van der Waals surface area (Å²) in [5.41, 5.74) is 0.876. The van der Waals surface area contributed by atoms with Crippen LogP contribution in [0.4, 0.5) is 0 Å². The molecule has 0 aliphatic rings. The topological polar surface area (TPSA) is 53.5 Å². The number of halogens is 2. The van der Waals surface area contributed by atoms with Gasteiger partial charge in [0.1, 0.15) is 5.15 Å². The van der Waals surface area contributed by atoms with Gasteiger partial charge < -0.3 is 9.80 Å². The molecule has 0 unspecified atom stereocenters. The Morgan fingerprint density at radius 1 is 1.22 bits per heavy atom. The molecule has 0 aliphatic carbocycles. The molecule has 0 N–H and O–H groups in total. The summed E-state index contributed by atoms with van der Waals surface area (Å²) in [7, 11) is 3.31. The zero-order chi connectivity index (χ0) is 17.0. The lowest BCUT2D eigenvalue weighted by atomic mass is 10.2. The minimum atomic E-state index is -0.171. The third-order valence-electron chi connectivity index (χ3n) is 3.14. The van der Waals surface area contributed by atoms with Crippen LogP contribution in [0.15, 0.2) is 34.2 Å². The van der Waals surface area contributed by atoms with E-state index in [4.69, 9.17) is 11.6 Å². The van der Waals surface area contributed by atoms with Gasteiger partial charge in [0, 0.05) is 26.8 Å². The third-order valence-corrected chi connectivity index (χ3v) is 4.97. The summed E-state index contributed by atoms with van der Waals surface area (Å²) in [6, 6.07) is 7.05. The number of amides is 2. The van der Waals surface area contributed by atoms with Gasteiger partial charge in [0.25, 0.3) is 5.91 Å². The number of aromatic nitrogens is 1. The number of thiophene rings is 1. The van der Waals surface area contributed by atoms with Crippen molar-refractivity contribution < 1.29 is 9.59 Å². The van der Waals surface area contributed by atoms with E-state index in [1.807, 2.05) is 12.1 Å². The fourth-order valence-electron chi connectivity index (χ4n) is 1.87. The van der Waals surface area contributed by atoms with E-state index in [1.54, 1.807) is 37.3 Å². The molecule has 2 amide bonds. The number of hydrogen-bond acceptors (Lipinski definition) is 4. The van der Waals surface area contributed by atoms with Crippen molar-refractivity contribution in [3.05, 3.63) is 49.8 Å². The highest BCUT2D eigenvalue weighted by Crippen LogP contribution is 2.23. The van der Waals surface area contributed by atoms with Crippen LogP contribution in [-0.2, 0) is 11.3 Å². The number of likely N-dealkylation sites (N-methyl/N-ethyl adjacent to an activating group) is 2. The van der Waals surface area contributed by atoms with E-state index in [1.165, 1.54) is 16.2 Å². The Morgan fingerprint density at radius 3 is 2.52 bits per heavy atom. The quantitative estimate of drug-likeness (QED) is 0.703. The van der Waals surface area contributed by atoms with Crippen LogP contribution in [0.25, 0.3) is 0 Å². The first-order chi connectivity index (χ1) is 10.9. The maximum Gasteiger partial charge on any atom is 0.264 e. The lowest BCUT2D eigenvalue weighted by molar-refractivity contribution is -0.130. The maximum absolute atomic E-state index is 12.2. The van der Waals surface area contributed by atoms with E-state index in [0.29, 0.717) is 16.6 Å². The summed E-state index contributed by atoms with van der Waals surface area (Å²) in [5, 5.41) is 0.412.